The number of pyridine rings is 1. The Morgan fingerprint density at radius 2 is 2.18 bits per heavy atom. The first-order valence-corrected chi connectivity index (χ1v) is 7.80. The topological polar surface area (TPSA) is 50.3 Å². The van der Waals surface area contributed by atoms with E-state index >= 15 is 0 Å². The van der Waals surface area contributed by atoms with Gasteiger partial charge in [0.1, 0.15) is 4.90 Å². The first kappa shape index (κ1) is 13.0. The molecule has 0 N–H and O–H groups in total. The molecule has 1 aromatic rings. The van der Waals surface area contributed by atoms with Crippen LogP contribution in [-0.2, 0) is 10.0 Å². The van der Waals surface area contributed by atoms with Crippen LogP contribution in [0.1, 0.15) is 19.3 Å². The van der Waals surface area contributed by atoms with E-state index in [0.717, 1.165) is 12.8 Å². The minimum Gasteiger partial charge on any atom is -0.262 e. The molecule has 1 aliphatic rings. The summed E-state index contributed by atoms with van der Waals surface area (Å²) in [7, 11) is -1.76. The van der Waals surface area contributed by atoms with Crippen molar-refractivity contribution in [1.82, 2.24) is 9.29 Å². The first-order valence-electron chi connectivity index (χ1n) is 5.57. The third-order valence-electron chi connectivity index (χ3n) is 3.13. The van der Waals surface area contributed by atoms with Gasteiger partial charge < -0.3 is 0 Å². The summed E-state index contributed by atoms with van der Waals surface area (Å²) >= 11 is 3.23. The van der Waals surface area contributed by atoms with E-state index in [0.29, 0.717) is 16.9 Å². The Bertz CT molecular complexity index is 500. The maximum atomic E-state index is 12.2. The molecular weight excluding hydrogens is 304 g/mol. The SMILES string of the molecule is CN(CC1CCC1)S(=O)(=O)c1cncc(Br)c1. The highest BCUT2D eigenvalue weighted by atomic mass is 79.9. The number of hydrogen-bond donors (Lipinski definition) is 0. The highest BCUT2D eigenvalue weighted by molar-refractivity contribution is 9.10. The molecular formula is C11H15BrN2O2S. The van der Waals surface area contributed by atoms with Crippen LogP contribution in [0, 0.1) is 5.92 Å². The van der Waals surface area contributed by atoms with Gasteiger partial charge in [0.05, 0.1) is 0 Å². The fourth-order valence-electron chi connectivity index (χ4n) is 1.85. The van der Waals surface area contributed by atoms with Gasteiger partial charge in [0.15, 0.2) is 0 Å². The van der Waals surface area contributed by atoms with Crippen molar-refractivity contribution < 1.29 is 8.42 Å². The summed E-state index contributed by atoms with van der Waals surface area (Å²) in [6, 6.07) is 1.58. The predicted molar refractivity (Wildman–Crippen MR) is 69.1 cm³/mol. The van der Waals surface area contributed by atoms with Crippen LogP contribution >= 0.6 is 15.9 Å². The second-order valence-corrected chi connectivity index (χ2v) is 7.38. The van der Waals surface area contributed by atoms with Crippen LogP contribution in [0.4, 0.5) is 0 Å². The number of hydrogen-bond acceptors (Lipinski definition) is 3. The molecule has 1 heterocycles. The average Bonchev–Trinajstić information content (AvgIpc) is 2.23. The summed E-state index contributed by atoms with van der Waals surface area (Å²) in [5.41, 5.74) is 0. The van der Waals surface area contributed by atoms with Crippen molar-refractivity contribution in [3.05, 3.63) is 22.9 Å². The lowest BCUT2D eigenvalue weighted by Gasteiger charge is -2.29. The molecule has 0 aliphatic heterocycles. The zero-order chi connectivity index (χ0) is 12.5. The zero-order valence-electron chi connectivity index (χ0n) is 9.63. The van der Waals surface area contributed by atoms with Crippen molar-refractivity contribution in [1.29, 1.82) is 0 Å². The zero-order valence-corrected chi connectivity index (χ0v) is 12.0. The Kier molecular flexibility index (Phi) is 3.85. The van der Waals surface area contributed by atoms with Crippen molar-refractivity contribution in [2.75, 3.05) is 13.6 Å². The van der Waals surface area contributed by atoms with Crippen molar-refractivity contribution in [2.45, 2.75) is 24.2 Å². The lowest BCUT2D eigenvalue weighted by atomic mass is 9.86. The smallest absolute Gasteiger partial charge is 0.244 e. The van der Waals surface area contributed by atoms with Crippen molar-refractivity contribution in [2.24, 2.45) is 5.92 Å². The Balaban J connectivity index is 2.16. The van der Waals surface area contributed by atoms with E-state index in [1.165, 1.54) is 16.9 Å². The Morgan fingerprint density at radius 3 is 2.71 bits per heavy atom. The summed E-state index contributed by atoms with van der Waals surface area (Å²) in [5, 5.41) is 0. The molecule has 0 atom stereocenters. The number of aromatic nitrogens is 1. The first-order chi connectivity index (χ1) is 8.00. The molecule has 17 heavy (non-hydrogen) atoms. The van der Waals surface area contributed by atoms with Crippen molar-refractivity contribution in [3.8, 4) is 0 Å². The minimum atomic E-state index is -3.39. The molecule has 94 valence electrons. The summed E-state index contributed by atoms with van der Waals surface area (Å²) < 4.78 is 26.6. The van der Waals surface area contributed by atoms with Gasteiger partial charge in [0.25, 0.3) is 0 Å². The minimum absolute atomic E-state index is 0.244. The van der Waals surface area contributed by atoms with E-state index in [-0.39, 0.29) is 4.90 Å². The van der Waals surface area contributed by atoms with Gasteiger partial charge in [-0.3, -0.25) is 4.98 Å². The number of halogens is 1. The van der Waals surface area contributed by atoms with Crippen LogP contribution in [0.15, 0.2) is 27.8 Å². The fourth-order valence-corrected chi connectivity index (χ4v) is 3.60. The number of nitrogens with zero attached hydrogens (tertiary/aromatic N) is 2. The molecule has 0 aromatic carbocycles. The van der Waals surface area contributed by atoms with Gasteiger partial charge in [-0.25, -0.2) is 12.7 Å². The van der Waals surface area contributed by atoms with E-state index in [1.54, 1.807) is 19.3 Å². The maximum Gasteiger partial charge on any atom is 0.244 e. The van der Waals surface area contributed by atoms with Gasteiger partial charge in [0, 0.05) is 30.5 Å². The van der Waals surface area contributed by atoms with E-state index in [4.69, 9.17) is 0 Å². The van der Waals surface area contributed by atoms with Crippen LogP contribution < -0.4 is 0 Å². The molecule has 4 nitrogen and oxygen atoms in total. The van der Waals surface area contributed by atoms with Crippen LogP contribution in [0.25, 0.3) is 0 Å². The van der Waals surface area contributed by atoms with E-state index in [9.17, 15) is 8.42 Å². The molecule has 1 saturated carbocycles. The van der Waals surface area contributed by atoms with Gasteiger partial charge in [-0.2, -0.15) is 0 Å². The van der Waals surface area contributed by atoms with Gasteiger partial charge in [0.2, 0.25) is 10.0 Å². The standard InChI is InChI=1S/C11H15BrN2O2S/c1-14(8-9-3-2-4-9)17(15,16)11-5-10(12)6-13-7-11/h5-7,9H,2-4,8H2,1H3. The summed E-state index contributed by atoms with van der Waals surface area (Å²) in [4.78, 5) is 4.14. The van der Waals surface area contributed by atoms with Crippen LogP contribution in [0.3, 0.4) is 0 Å². The lowest BCUT2D eigenvalue weighted by Crippen LogP contribution is -2.34. The second kappa shape index (κ2) is 5.04. The van der Waals surface area contributed by atoms with Crippen LogP contribution in [0.2, 0.25) is 0 Å². The summed E-state index contributed by atoms with van der Waals surface area (Å²) in [5.74, 6) is 0.523. The van der Waals surface area contributed by atoms with E-state index in [2.05, 4.69) is 20.9 Å². The Hall–Kier alpha value is -0.460. The average molecular weight is 319 g/mol. The van der Waals surface area contributed by atoms with Crippen molar-refractivity contribution in [3.63, 3.8) is 0 Å². The fraction of sp³-hybridized carbons (Fsp3) is 0.545. The molecule has 6 heteroatoms. The Morgan fingerprint density at radius 1 is 1.47 bits per heavy atom. The number of sulfonamides is 1. The predicted octanol–water partition coefficient (Wildman–Crippen LogP) is 2.26. The second-order valence-electron chi connectivity index (χ2n) is 4.42. The quantitative estimate of drug-likeness (QED) is 0.855. The molecule has 1 aromatic heterocycles. The maximum absolute atomic E-state index is 12.2. The molecule has 0 unspecified atom stereocenters. The van der Waals surface area contributed by atoms with Gasteiger partial charge in [-0.15, -0.1) is 0 Å². The molecule has 2 rings (SSSR count). The summed E-state index contributed by atoms with van der Waals surface area (Å²) in [6.07, 6.45) is 6.45. The lowest BCUT2D eigenvalue weighted by molar-refractivity contribution is 0.263. The Labute approximate surface area is 110 Å². The van der Waals surface area contributed by atoms with E-state index < -0.39 is 10.0 Å². The van der Waals surface area contributed by atoms with Crippen LogP contribution in [-0.4, -0.2) is 31.3 Å². The molecule has 1 fully saturated rings. The molecule has 1 aliphatic carbocycles. The monoisotopic (exact) mass is 318 g/mol. The highest BCUT2D eigenvalue weighted by Gasteiger charge is 2.26. The van der Waals surface area contributed by atoms with Gasteiger partial charge in [-0.1, -0.05) is 6.42 Å². The largest absolute Gasteiger partial charge is 0.262 e. The van der Waals surface area contributed by atoms with Gasteiger partial charge in [-0.05, 0) is 40.8 Å². The van der Waals surface area contributed by atoms with Crippen molar-refractivity contribution >= 4 is 26.0 Å². The number of rotatable bonds is 4. The molecule has 0 spiro atoms. The molecule has 0 saturated heterocycles. The van der Waals surface area contributed by atoms with Crippen LogP contribution in [0.5, 0.6) is 0 Å². The van der Waals surface area contributed by atoms with E-state index in [1.807, 2.05) is 0 Å². The third kappa shape index (κ3) is 2.86. The van der Waals surface area contributed by atoms with Gasteiger partial charge >= 0.3 is 0 Å². The highest BCUT2D eigenvalue weighted by Crippen LogP contribution is 2.28. The molecule has 0 radical (unpaired) electrons. The molecule has 0 bridgehead atoms. The summed E-state index contributed by atoms with van der Waals surface area (Å²) in [6.45, 7) is 0.606. The molecule has 0 amide bonds. The third-order valence-corrected chi connectivity index (χ3v) is 5.35. The normalized spacial score (nSPS) is 17.1.